The summed E-state index contributed by atoms with van der Waals surface area (Å²) in [5.41, 5.74) is 2.71. The molecular formula is C30H44N6O4S. The zero-order valence-electron chi connectivity index (χ0n) is 24.8. The predicted molar refractivity (Wildman–Crippen MR) is 160 cm³/mol. The SMILES string of the molecule is COc1ccc(C2CCN(c3ncnc(C(=O)N4CCC(N5CCC(N(C)S(C)(=O)=O)CC5)CC4)c3C)CC2)cc1. The number of anilines is 1. The maximum atomic E-state index is 13.6. The van der Waals surface area contributed by atoms with Gasteiger partial charge in [0, 0.05) is 50.9 Å². The zero-order valence-corrected chi connectivity index (χ0v) is 25.6. The lowest BCUT2D eigenvalue weighted by Gasteiger charge is -2.43. The lowest BCUT2D eigenvalue weighted by atomic mass is 9.89. The van der Waals surface area contributed by atoms with Crippen LogP contribution in [0.5, 0.6) is 5.75 Å². The summed E-state index contributed by atoms with van der Waals surface area (Å²) in [4.78, 5) is 29.3. The normalized spacial score (nSPS) is 20.5. The Labute approximate surface area is 244 Å². The van der Waals surface area contributed by atoms with Crippen LogP contribution in [0.25, 0.3) is 0 Å². The molecule has 0 spiro atoms. The second-order valence-corrected chi connectivity index (χ2v) is 13.8. The molecular weight excluding hydrogens is 540 g/mol. The lowest BCUT2D eigenvalue weighted by molar-refractivity contribution is 0.0542. The molecule has 0 N–H and O–H groups in total. The quantitative estimate of drug-likeness (QED) is 0.490. The molecule has 0 aliphatic carbocycles. The lowest BCUT2D eigenvalue weighted by Crippen LogP contribution is -2.52. The highest BCUT2D eigenvalue weighted by molar-refractivity contribution is 7.88. The average Bonchev–Trinajstić information content (AvgIpc) is 3.00. The molecule has 3 aliphatic rings. The van der Waals surface area contributed by atoms with Crippen molar-refractivity contribution in [1.29, 1.82) is 0 Å². The molecule has 3 aliphatic heterocycles. The molecule has 11 heteroatoms. The van der Waals surface area contributed by atoms with Crippen LogP contribution >= 0.6 is 0 Å². The van der Waals surface area contributed by atoms with Gasteiger partial charge in [0.05, 0.1) is 13.4 Å². The van der Waals surface area contributed by atoms with Gasteiger partial charge >= 0.3 is 0 Å². The third-order valence-electron chi connectivity index (χ3n) is 9.45. The van der Waals surface area contributed by atoms with Gasteiger partial charge in [0.2, 0.25) is 10.0 Å². The zero-order chi connectivity index (χ0) is 29.1. The molecule has 10 nitrogen and oxygen atoms in total. The molecule has 2 aromatic rings. The Balaban J connectivity index is 1.14. The highest BCUT2D eigenvalue weighted by atomic mass is 32.2. The third-order valence-corrected chi connectivity index (χ3v) is 10.8. The Kier molecular flexibility index (Phi) is 9.15. The first-order valence-electron chi connectivity index (χ1n) is 14.8. The van der Waals surface area contributed by atoms with Crippen LogP contribution in [0.3, 0.4) is 0 Å². The maximum Gasteiger partial charge on any atom is 0.272 e. The second kappa shape index (κ2) is 12.6. The number of methoxy groups -OCH3 is 1. The number of piperidine rings is 3. The average molecular weight is 585 g/mol. The van der Waals surface area contributed by atoms with Crippen LogP contribution in [0.2, 0.25) is 0 Å². The van der Waals surface area contributed by atoms with Gasteiger partial charge in [-0.25, -0.2) is 22.7 Å². The van der Waals surface area contributed by atoms with Crippen molar-refractivity contribution < 1.29 is 17.9 Å². The molecule has 0 unspecified atom stereocenters. The highest BCUT2D eigenvalue weighted by Crippen LogP contribution is 2.32. The molecule has 0 bridgehead atoms. The minimum atomic E-state index is -3.16. The van der Waals surface area contributed by atoms with Crippen LogP contribution in [0.15, 0.2) is 30.6 Å². The Morgan fingerprint density at radius 2 is 1.56 bits per heavy atom. The number of nitrogens with zero attached hydrogens (tertiary/aromatic N) is 6. The summed E-state index contributed by atoms with van der Waals surface area (Å²) in [6.07, 6.45) is 8.44. The topological polar surface area (TPSA) is 99.2 Å². The Morgan fingerprint density at radius 3 is 2.15 bits per heavy atom. The molecule has 3 fully saturated rings. The van der Waals surface area contributed by atoms with Crippen LogP contribution in [-0.2, 0) is 10.0 Å². The van der Waals surface area contributed by atoms with E-state index in [1.54, 1.807) is 14.2 Å². The van der Waals surface area contributed by atoms with E-state index < -0.39 is 10.0 Å². The number of ether oxygens (including phenoxy) is 1. The fraction of sp³-hybridized carbons (Fsp3) is 0.633. The summed E-state index contributed by atoms with van der Waals surface area (Å²) in [7, 11) is 0.209. The molecule has 224 valence electrons. The summed E-state index contributed by atoms with van der Waals surface area (Å²) in [5.74, 6) is 2.25. The van der Waals surface area contributed by atoms with Crippen molar-refractivity contribution >= 4 is 21.7 Å². The van der Waals surface area contributed by atoms with Crippen molar-refractivity contribution in [2.75, 3.05) is 64.6 Å². The van der Waals surface area contributed by atoms with E-state index in [0.29, 0.717) is 30.7 Å². The molecule has 0 atom stereocenters. The van der Waals surface area contributed by atoms with Crippen molar-refractivity contribution in [1.82, 2.24) is 24.1 Å². The molecule has 0 radical (unpaired) electrons. The van der Waals surface area contributed by atoms with Crippen molar-refractivity contribution in [3.05, 3.63) is 47.4 Å². The second-order valence-electron chi connectivity index (χ2n) is 11.8. The van der Waals surface area contributed by atoms with Crippen LogP contribution < -0.4 is 9.64 Å². The van der Waals surface area contributed by atoms with E-state index in [-0.39, 0.29) is 11.9 Å². The number of benzene rings is 1. The third kappa shape index (κ3) is 6.67. The number of aromatic nitrogens is 2. The molecule has 1 aromatic heterocycles. The van der Waals surface area contributed by atoms with Crippen LogP contribution in [0, 0.1) is 6.92 Å². The summed E-state index contributed by atoms with van der Waals surface area (Å²) < 4.78 is 30.6. The van der Waals surface area contributed by atoms with E-state index in [4.69, 9.17) is 4.74 Å². The monoisotopic (exact) mass is 584 g/mol. The van der Waals surface area contributed by atoms with Gasteiger partial charge in [-0.05, 0) is 82.2 Å². The van der Waals surface area contributed by atoms with Gasteiger partial charge in [-0.1, -0.05) is 12.1 Å². The molecule has 4 heterocycles. The number of hydrogen-bond donors (Lipinski definition) is 0. The fourth-order valence-corrected chi connectivity index (χ4v) is 7.50. The highest BCUT2D eigenvalue weighted by Gasteiger charge is 2.33. The van der Waals surface area contributed by atoms with Gasteiger partial charge in [0.1, 0.15) is 23.6 Å². The van der Waals surface area contributed by atoms with Gasteiger partial charge in [-0.3, -0.25) is 4.79 Å². The number of hydrogen-bond acceptors (Lipinski definition) is 8. The predicted octanol–water partition coefficient (Wildman–Crippen LogP) is 3.14. The minimum absolute atomic E-state index is 0.00814. The Hall–Kier alpha value is -2.76. The van der Waals surface area contributed by atoms with E-state index in [1.165, 1.54) is 22.5 Å². The molecule has 1 aromatic carbocycles. The Bertz CT molecular complexity index is 1300. The van der Waals surface area contributed by atoms with E-state index in [2.05, 4.69) is 31.9 Å². The van der Waals surface area contributed by atoms with Crippen molar-refractivity contribution in [3.8, 4) is 5.75 Å². The van der Waals surface area contributed by atoms with E-state index in [0.717, 1.165) is 81.8 Å². The first-order valence-corrected chi connectivity index (χ1v) is 16.7. The van der Waals surface area contributed by atoms with E-state index in [1.807, 2.05) is 24.0 Å². The number of rotatable bonds is 7. The van der Waals surface area contributed by atoms with Gasteiger partial charge in [0.25, 0.3) is 5.91 Å². The van der Waals surface area contributed by atoms with E-state index >= 15 is 0 Å². The number of carbonyl (C=O) groups is 1. The Morgan fingerprint density at radius 1 is 0.927 bits per heavy atom. The smallest absolute Gasteiger partial charge is 0.272 e. The molecule has 1 amide bonds. The standard InChI is InChI=1S/C30H44N6O4S/c1-22-28(31-21-32-29(22)35-15-9-24(10-16-35)23-5-7-27(40-3)8-6-23)30(37)36-19-13-26(14-20-36)34-17-11-25(12-18-34)33(2)41(4,38)39/h5-8,21,24-26H,9-20H2,1-4H3. The number of carbonyl (C=O) groups excluding carboxylic acids is 1. The number of amides is 1. The summed E-state index contributed by atoms with van der Waals surface area (Å²) >= 11 is 0. The van der Waals surface area contributed by atoms with Crippen LogP contribution in [0.1, 0.15) is 66.1 Å². The molecule has 41 heavy (non-hydrogen) atoms. The van der Waals surface area contributed by atoms with Crippen molar-refractivity contribution in [3.63, 3.8) is 0 Å². The number of sulfonamides is 1. The molecule has 5 rings (SSSR count). The maximum absolute atomic E-state index is 13.6. The van der Waals surface area contributed by atoms with Gasteiger partial charge in [-0.2, -0.15) is 0 Å². The molecule has 3 saturated heterocycles. The minimum Gasteiger partial charge on any atom is -0.497 e. The first-order chi connectivity index (χ1) is 19.7. The van der Waals surface area contributed by atoms with Crippen LogP contribution in [-0.4, -0.2) is 110 Å². The van der Waals surface area contributed by atoms with Crippen molar-refractivity contribution in [2.24, 2.45) is 0 Å². The fourth-order valence-electron chi connectivity index (χ4n) is 6.75. The largest absolute Gasteiger partial charge is 0.497 e. The van der Waals surface area contributed by atoms with Gasteiger partial charge in [0.15, 0.2) is 0 Å². The first kappa shape index (κ1) is 29.7. The summed E-state index contributed by atoms with van der Waals surface area (Å²) in [5, 5.41) is 0. The summed E-state index contributed by atoms with van der Waals surface area (Å²) in [6.45, 7) is 6.97. The van der Waals surface area contributed by atoms with Gasteiger partial charge in [-0.15, -0.1) is 0 Å². The molecule has 0 saturated carbocycles. The van der Waals surface area contributed by atoms with Gasteiger partial charge < -0.3 is 19.4 Å². The van der Waals surface area contributed by atoms with Crippen molar-refractivity contribution in [2.45, 2.75) is 63.5 Å². The number of likely N-dealkylation sites (tertiary alicyclic amines) is 2. The van der Waals surface area contributed by atoms with Crippen LogP contribution in [0.4, 0.5) is 5.82 Å². The van der Waals surface area contributed by atoms with E-state index in [9.17, 15) is 13.2 Å². The summed E-state index contributed by atoms with van der Waals surface area (Å²) in [6, 6.07) is 8.88.